The third-order valence-corrected chi connectivity index (χ3v) is 5.72. The summed E-state index contributed by atoms with van der Waals surface area (Å²) < 4.78 is 40.1. The third kappa shape index (κ3) is 4.80. The van der Waals surface area contributed by atoms with E-state index >= 15 is 0 Å². The minimum absolute atomic E-state index is 0.119. The molecule has 1 aliphatic heterocycles. The molecule has 0 aliphatic carbocycles. The molecular weight excluding hydrogens is 451 g/mol. The average Bonchev–Trinajstić information content (AvgIpc) is 3.32. The number of alkyl halides is 3. The number of hydrogen-bond donors (Lipinski definition) is 1. The minimum atomic E-state index is -4.71. The molecule has 2 aromatic heterocycles. The van der Waals surface area contributed by atoms with Crippen LogP contribution in [0.15, 0.2) is 30.5 Å². The quantitative estimate of drug-likeness (QED) is 0.401. The smallest absolute Gasteiger partial charge is 0.363 e. The van der Waals surface area contributed by atoms with Crippen LogP contribution in [0.2, 0.25) is 0 Å². The molecule has 0 amide bonds. The first-order valence-electron chi connectivity index (χ1n) is 10.8. The molecule has 1 fully saturated rings. The first-order chi connectivity index (χ1) is 16.0. The number of fused-ring (bicyclic) bond motifs is 1. The Kier molecular flexibility index (Phi) is 6.15. The number of nitro groups is 1. The summed E-state index contributed by atoms with van der Waals surface area (Å²) in [6.07, 6.45) is -0.905. The Labute approximate surface area is 193 Å². The van der Waals surface area contributed by atoms with Gasteiger partial charge >= 0.3 is 6.18 Å². The lowest BCUT2D eigenvalue weighted by atomic mass is 10.0. The van der Waals surface area contributed by atoms with Gasteiger partial charge in [0.15, 0.2) is 0 Å². The van der Waals surface area contributed by atoms with Crippen LogP contribution in [0.5, 0.6) is 0 Å². The van der Waals surface area contributed by atoms with Gasteiger partial charge in [-0.2, -0.15) is 18.2 Å². The highest BCUT2D eigenvalue weighted by Crippen LogP contribution is 2.35. The molecule has 1 aliphatic rings. The van der Waals surface area contributed by atoms with Crippen LogP contribution in [0.4, 0.5) is 36.4 Å². The van der Waals surface area contributed by atoms with Crippen LogP contribution in [-0.2, 0) is 6.18 Å². The summed E-state index contributed by atoms with van der Waals surface area (Å²) in [5.41, 5.74) is -1.01. The van der Waals surface area contributed by atoms with Gasteiger partial charge < -0.3 is 15.1 Å². The first-order valence-corrected chi connectivity index (χ1v) is 10.8. The summed E-state index contributed by atoms with van der Waals surface area (Å²) in [6.45, 7) is 3.41. The Morgan fingerprint density at radius 1 is 1.15 bits per heavy atom. The van der Waals surface area contributed by atoms with E-state index in [1.165, 1.54) is 0 Å². The van der Waals surface area contributed by atoms with Crippen LogP contribution in [0.3, 0.4) is 0 Å². The van der Waals surface area contributed by atoms with Gasteiger partial charge in [-0.3, -0.25) is 10.1 Å². The molecule has 180 valence electrons. The van der Waals surface area contributed by atoms with E-state index in [-0.39, 0.29) is 5.56 Å². The normalized spacial score (nSPS) is 14.9. The number of pyridine rings is 1. The fourth-order valence-corrected chi connectivity index (χ4v) is 3.88. The van der Waals surface area contributed by atoms with Gasteiger partial charge in [-0.1, -0.05) is 0 Å². The van der Waals surface area contributed by atoms with Crippen molar-refractivity contribution in [2.24, 2.45) is 0 Å². The molecule has 0 spiro atoms. The van der Waals surface area contributed by atoms with Crippen molar-refractivity contribution in [3.05, 3.63) is 51.7 Å². The molecule has 34 heavy (non-hydrogen) atoms. The van der Waals surface area contributed by atoms with Crippen LogP contribution in [0.25, 0.3) is 10.9 Å². The summed E-state index contributed by atoms with van der Waals surface area (Å²) in [5, 5.41) is 15.1. The van der Waals surface area contributed by atoms with Crippen LogP contribution in [0.1, 0.15) is 36.9 Å². The number of non-ortho nitro benzene ring substituents is 1. The molecule has 0 radical (unpaired) electrons. The first kappa shape index (κ1) is 23.5. The molecule has 1 unspecified atom stereocenters. The fraction of sp³-hybridized carbons (Fsp3) is 0.409. The second kappa shape index (κ2) is 8.92. The van der Waals surface area contributed by atoms with Crippen LogP contribution in [0, 0.1) is 10.1 Å². The van der Waals surface area contributed by atoms with Crippen molar-refractivity contribution in [2.45, 2.75) is 32.0 Å². The van der Waals surface area contributed by atoms with Crippen molar-refractivity contribution in [1.29, 1.82) is 0 Å². The topological polar surface area (TPSA) is 100 Å². The highest BCUT2D eigenvalue weighted by atomic mass is 19.4. The van der Waals surface area contributed by atoms with Crippen molar-refractivity contribution in [3.63, 3.8) is 0 Å². The predicted molar refractivity (Wildman–Crippen MR) is 123 cm³/mol. The van der Waals surface area contributed by atoms with E-state index in [2.05, 4.69) is 25.2 Å². The van der Waals surface area contributed by atoms with Gasteiger partial charge in [0.25, 0.3) is 5.69 Å². The van der Waals surface area contributed by atoms with Gasteiger partial charge in [-0.05, 0) is 37.5 Å². The van der Waals surface area contributed by atoms with Crippen LogP contribution < -0.4 is 15.1 Å². The minimum Gasteiger partial charge on any atom is -0.363 e. The van der Waals surface area contributed by atoms with Crippen molar-refractivity contribution in [3.8, 4) is 0 Å². The maximum Gasteiger partial charge on any atom is 0.416 e. The number of anilines is 3. The number of nitrogens with zero attached hydrogens (tertiary/aromatic N) is 6. The number of aromatic nitrogens is 3. The van der Waals surface area contributed by atoms with Gasteiger partial charge in [0, 0.05) is 44.7 Å². The zero-order valence-corrected chi connectivity index (χ0v) is 18.9. The van der Waals surface area contributed by atoms with E-state index in [9.17, 15) is 23.3 Å². The molecular formula is C22H24F3N7O2. The fourth-order valence-electron chi connectivity index (χ4n) is 3.88. The SMILES string of the molecule is CC(Nc1nc(N(C)C)nc2cnc(N3CCCC3)cc12)c1cc([N+](=O)[O-])cc(C(F)(F)F)c1. The lowest BCUT2D eigenvalue weighted by Crippen LogP contribution is -2.19. The Balaban J connectivity index is 1.77. The van der Waals surface area contributed by atoms with Gasteiger partial charge in [0.2, 0.25) is 5.95 Å². The molecule has 1 N–H and O–H groups in total. The highest BCUT2D eigenvalue weighted by Gasteiger charge is 2.33. The van der Waals surface area contributed by atoms with E-state index in [1.807, 2.05) is 6.07 Å². The maximum atomic E-state index is 13.4. The van der Waals surface area contributed by atoms with Gasteiger partial charge in [0.05, 0.1) is 28.2 Å². The Morgan fingerprint density at radius 3 is 2.47 bits per heavy atom. The lowest BCUT2D eigenvalue weighted by Gasteiger charge is -2.21. The monoisotopic (exact) mass is 475 g/mol. The summed E-state index contributed by atoms with van der Waals surface area (Å²) in [5.74, 6) is 1.58. The number of hydrogen-bond acceptors (Lipinski definition) is 8. The summed E-state index contributed by atoms with van der Waals surface area (Å²) in [6, 6.07) is 3.74. The third-order valence-electron chi connectivity index (χ3n) is 5.72. The van der Waals surface area contributed by atoms with Crippen LogP contribution in [-0.4, -0.2) is 47.1 Å². The van der Waals surface area contributed by atoms with E-state index in [0.29, 0.717) is 28.7 Å². The number of nitrogens with one attached hydrogen (secondary N) is 1. The van der Waals surface area contributed by atoms with Crippen LogP contribution >= 0.6 is 0 Å². The summed E-state index contributed by atoms with van der Waals surface area (Å²) >= 11 is 0. The van der Waals surface area contributed by atoms with Crippen molar-refractivity contribution in [2.75, 3.05) is 42.3 Å². The number of nitro benzene ring substituents is 1. The molecule has 1 atom stereocenters. The molecule has 4 rings (SSSR count). The molecule has 9 nitrogen and oxygen atoms in total. The zero-order chi connectivity index (χ0) is 24.6. The molecule has 1 aromatic carbocycles. The number of rotatable bonds is 6. The maximum absolute atomic E-state index is 13.4. The van der Waals surface area contributed by atoms with E-state index < -0.39 is 28.4 Å². The molecule has 1 saturated heterocycles. The lowest BCUT2D eigenvalue weighted by molar-refractivity contribution is -0.385. The molecule has 3 aromatic rings. The molecule has 12 heteroatoms. The van der Waals surface area contributed by atoms with Gasteiger partial charge in [-0.25, -0.2) is 9.97 Å². The van der Waals surface area contributed by atoms with Gasteiger partial charge in [0.1, 0.15) is 11.6 Å². The number of halogens is 3. The van der Waals surface area contributed by atoms with Crippen molar-refractivity contribution < 1.29 is 18.1 Å². The van der Waals surface area contributed by atoms with E-state index in [0.717, 1.165) is 43.9 Å². The van der Waals surface area contributed by atoms with Gasteiger partial charge in [-0.15, -0.1) is 0 Å². The molecule has 3 heterocycles. The zero-order valence-electron chi connectivity index (χ0n) is 18.9. The van der Waals surface area contributed by atoms with Crippen molar-refractivity contribution in [1.82, 2.24) is 15.0 Å². The summed E-state index contributed by atoms with van der Waals surface area (Å²) in [7, 11) is 3.55. The highest BCUT2D eigenvalue weighted by molar-refractivity contribution is 5.91. The van der Waals surface area contributed by atoms with E-state index in [4.69, 9.17) is 0 Å². The Hall–Kier alpha value is -3.70. The average molecular weight is 475 g/mol. The Morgan fingerprint density at radius 2 is 1.85 bits per heavy atom. The summed E-state index contributed by atoms with van der Waals surface area (Å²) in [4.78, 5) is 27.9. The molecule has 0 bridgehead atoms. The Bertz CT molecular complexity index is 1230. The largest absolute Gasteiger partial charge is 0.416 e. The standard InChI is InChI=1S/C22H24F3N7O2/c1-13(14-8-15(22(23,24)25)10-16(9-14)32(33)34)27-20-17-11-19(31-6-4-5-7-31)26-12-18(17)28-21(29-20)30(2)3/h8-13H,4-7H2,1-3H3,(H,27,28,29). The predicted octanol–water partition coefficient (Wildman–Crippen LogP) is 4.79. The number of benzene rings is 1. The second-order valence-electron chi connectivity index (χ2n) is 8.45. The molecule has 0 saturated carbocycles. The van der Waals surface area contributed by atoms with Crippen molar-refractivity contribution >= 4 is 34.2 Å². The second-order valence-corrected chi connectivity index (χ2v) is 8.45. The van der Waals surface area contributed by atoms with E-state index in [1.54, 1.807) is 32.1 Å².